The summed E-state index contributed by atoms with van der Waals surface area (Å²) in [7, 11) is 3.21. The van der Waals surface area contributed by atoms with Gasteiger partial charge in [-0.1, -0.05) is 53.5 Å². The first-order chi connectivity index (χ1) is 18.0. The second-order valence-electron chi connectivity index (χ2n) is 8.57. The van der Waals surface area contributed by atoms with Gasteiger partial charge in [0.2, 0.25) is 0 Å². The topological polar surface area (TPSA) is 70.8 Å². The maximum absolute atomic E-state index is 6.83. The highest BCUT2D eigenvalue weighted by molar-refractivity contribution is 6.39. The quantitative estimate of drug-likeness (QED) is 0.225. The molecule has 2 aromatic heterocycles. The van der Waals surface area contributed by atoms with E-state index in [0.717, 1.165) is 21.9 Å². The maximum atomic E-state index is 6.83. The number of anilines is 1. The summed E-state index contributed by atoms with van der Waals surface area (Å²) in [6.45, 7) is 0. The van der Waals surface area contributed by atoms with Crippen molar-refractivity contribution in [2.75, 3.05) is 20.0 Å². The average Bonchev–Trinajstić information content (AvgIpc) is 3.44. The fourth-order valence-electron chi connectivity index (χ4n) is 4.52. The van der Waals surface area contributed by atoms with E-state index in [1.165, 1.54) is 0 Å². The fraction of sp³-hybridized carbons (Fsp3) is 0.0667. The second-order valence-corrected chi connectivity index (χ2v) is 9.32. The largest absolute Gasteiger partial charge is 0.497 e. The van der Waals surface area contributed by atoms with Crippen LogP contribution in [0.3, 0.4) is 0 Å². The number of hydrogen-bond acceptors (Lipinski definition) is 5. The van der Waals surface area contributed by atoms with E-state index in [1.807, 2.05) is 66.7 Å². The minimum atomic E-state index is 0.431. The number of methoxy groups -OCH3 is 2. The molecule has 6 aromatic rings. The fourth-order valence-corrected chi connectivity index (χ4v) is 5.11. The molecule has 0 saturated carbocycles. The first-order valence-corrected chi connectivity index (χ1v) is 12.3. The highest BCUT2D eigenvalue weighted by Gasteiger charge is 2.24. The molecule has 0 bridgehead atoms. The van der Waals surface area contributed by atoms with Crippen LogP contribution >= 0.6 is 23.2 Å². The molecule has 0 radical (unpaired) electrons. The van der Waals surface area contributed by atoms with Crippen molar-refractivity contribution >= 4 is 50.8 Å². The van der Waals surface area contributed by atoms with Crippen LogP contribution in [0.25, 0.3) is 55.7 Å². The van der Waals surface area contributed by atoms with Gasteiger partial charge in [-0.3, -0.25) is 0 Å². The van der Waals surface area contributed by atoms with Gasteiger partial charge >= 0.3 is 0 Å². The first kappa shape index (κ1) is 23.3. The number of furan rings is 2. The van der Waals surface area contributed by atoms with Crippen molar-refractivity contribution in [1.29, 1.82) is 0 Å². The number of hydrogen-bond donors (Lipinski definition) is 1. The Morgan fingerprint density at radius 2 is 1.11 bits per heavy atom. The van der Waals surface area contributed by atoms with E-state index >= 15 is 0 Å². The standard InChI is InChI=1S/C30H21Cl2NO4/c1-34-18-8-10-20-24(14-18)36-29(26(20)31)22-12-17(16-6-4-3-5-7-16)13-23(28(22)33)30-27(32)21-11-9-19(35-2)15-25(21)37-30/h3-15H,33H2,1-2H3. The molecule has 0 atom stereocenters. The lowest BCUT2D eigenvalue weighted by atomic mass is 9.95. The zero-order valence-corrected chi connectivity index (χ0v) is 21.5. The molecule has 0 spiro atoms. The molecule has 0 aliphatic rings. The van der Waals surface area contributed by atoms with Crippen LogP contribution in [0.2, 0.25) is 10.0 Å². The Bertz CT molecular complexity index is 1680. The van der Waals surface area contributed by atoms with Crippen LogP contribution in [0.5, 0.6) is 11.5 Å². The Hall–Kier alpha value is -4.06. The van der Waals surface area contributed by atoms with Gasteiger partial charge in [-0.2, -0.15) is 0 Å². The SMILES string of the molecule is COc1ccc2c(Cl)c(-c3cc(-c4ccccc4)cc(-c4oc5cc(OC)ccc5c4Cl)c3N)oc2c1. The third-order valence-corrected chi connectivity index (χ3v) is 7.20. The van der Waals surface area contributed by atoms with Gasteiger partial charge in [0.1, 0.15) is 22.7 Å². The Morgan fingerprint density at radius 3 is 1.57 bits per heavy atom. The molecule has 184 valence electrons. The van der Waals surface area contributed by atoms with Gasteiger partial charge in [0.25, 0.3) is 0 Å². The maximum Gasteiger partial charge on any atom is 0.156 e. The summed E-state index contributed by atoms with van der Waals surface area (Å²) in [5.74, 6) is 2.24. The van der Waals surface area contributed by atoms with E-state index < -0.39 is 0 Å². The Labute approximate surface area is 222 Å². The predicted octanol–water partition coefficient (Wildman–Crippen LogP) is 9.09. The molecule has 0 aliphatic heterocycles. The zero-order valence-electron chi connectivity index (χ0n) is 20.0. The van der Waals surface area contributed by atoms with Crippen molar-refractivity contribution < 1.29 is 18.3 Å². The molecule has 0 unspecified atom stereocenters. The molecule has 0 aliphatic carbocycles. The summed E-state index contributed by atoms with van der Waals surface area (Å²) in [5, 5.41) is 2.44. The van der Waals surface area contributed by atoms with E-state index in [9.17, 15) is 0 Å². The average molecular weight is 530 g/mol. The molecule has 2 N–H and O–H groups in total. The van der Waals surface area contributed by atoms with Crippen LogP contribution in [-0.2, 0) is 0 Å². The minimum absolute atomic E-state index is 0.431. The third-order valence-electron chi connectivity index (χ3n) is 6.45. The number of nitrogens with two attached hydrogens (primary N) is 1. The number of benzene rings is 4. The molecule has 0 saturated heterocycles. The van der Waals surface area contributed by atoms with Gasteiger partial charge in [0, 0.05) is 34.0 Å². The van der Waals surface area contributed by atoms with Crippen LogP contribution < -0.4 is 15.2 Å². The lowest BCUT2D eigenvalue weighted by molar-refractivity contribution is 0.414. The van der Waals surface area contributed by atoms with Crippen molar-refractivity contribution in [1.82, 2.24) is 0 Å². The highest BCUT2D eigenvalue weighted by atomic mass is 35.5. The smallest absolute Gasteiger partial charge is 0.156 e. The number of rotatable bonds is 5. The molecule has 4 aromatic carbocycles. The molecular formula is C30H21Cl2NO4. The molecule has 5 nitrogen and oxygen atoms in total. The number of ether oxygens (including phenoxy) is 2. The van der Waals surface area contributed by atoms with E-state index in [1.54, 1.807) is 26.4 Å². The molecule has 2 heterocycles. The van der Waals surface area contributed by atoms with Gasteiger partial charge in [-0.05, 0) is 47.5 Å². The highest BCUT2D eigenvalue weighted by Crippen LogP contribution is 2.48. The number of halogens is 2. The van der Waals surface area contributed by atoms with Crippen molar-refractivity contribution in [3.63, 3.8) is 0 Å². The molecule has 6 rings (SSSR count). The lowest BCUT2D eigenvalue weighted by Crippen LogP contribution is -1.95. The summed E-state index contributed by atoms with van der Waals surface area (Å²) in [5.41, 5.74) is 11.6. The zero-order chi connectivity index (χ0) is 25.7. The summed E-state index contributed by atoms with van der Waals surface area (Å²) in [6.07, 6.45) is 0. The molecule has 0 amide bonds. The van der Waals surface area contributed by atoms with Crippen molar-refractivity contribution in [3.8, 4) is 45.3 Å². The summed E-state index contributed by atoms with van der Waals surface area (Å²) >= 11 is 13.7. The predicted molar refractivity (Wildman–Crippen MR) is 150 cm³/mol. The van der Waals surface area contributed by atoms with Gasteiger partial charge in [-0.15, -0.1) is 0 Å². The van der Waals surface area contributed by atoms with Crippen LogP contribution in [-0.4, -0.2) is 14.2 Å². The van der Waals surface area contributed by atoms with Crippen LogP contribution in [0.4, 0.5) is 5.69 Å². The van der Waals surface area contributed by atoms with Crippen LogP contribution in [0, 0.1) is 0 Å². The van der Waals surface area contributed by atoms with Crippen LogP contribution in [0.1, 0.15) is 0 Å². The van der Waals surface area contributed by atoms with Crippen molar-refractivity contribution in [3.05, 3.63) is 88.9 Å². The van der Waals surface area contributed by atoms with Gasteiger partial charge in [0.15, 0.2) is 11.5 Å². The van der Waals surface area contributed by atoms with E-state index in [-0.39, 0.29) is 0 Å². The summed E-state index contributed by atoms with van der Waals surface area (Å²) < 4.78 is 23.2. The van der Waals surface area contributed by atoms with Crippen LogP contribution in [0.15, 0.2) is 87.7 Å². The monoisotopic (exact) mass is 529 g/mol. The van der Waals surface area contributed by atoms with Crippen molar-refractivity contribution in [2.24, 2.45) is 0 Å². The van der Waals surface area contributed by atoms with Gasteiger partial charge in [-0.25, -0.2) is 0 Å². The minimum Gasteiger partial charge on any atom is -0.497 e. The van der Waals surface area contributed by atoms with E-state index in [4.69, 9.17) is 47.2 Å². The van der Waals surface area contributed by atoms with Gasteiger partial charge < -0.3 is 24.0 Å². The normalized spacial score (nSPS) is 11.4. The Morgan fingerprint density at radius 1 is 0.622 bits per heavy atom. The Balaban J connectivity index is 1.63. The number of fused-ring (bicyclic) bond motifs is 2. The summed E-state index contributed by atoms with van der Waals surface area (Å²) in [4.78, 5) is 0. The molecule has 7 heteroatoms. The van der Waals surface area contributed by atoms with Gasteiger partial charge in [0.05, 0.1) is 30.0 Å². The number of nitrogen functional groups attached to an aromatic ring is 1. The second kappa shape index (κ2) is 9.11. The summed E-state index contributed by atoms with van der Waals surface area (Å²) in [6, 6.07) is 24.9. The molecule has 0 fully saturated rings. The van der Waals surface area contributed by atoms with Crippen molar-refractivity contribution in [2.45, 2.75) is 0 Å². The lowest BCUT2D eigenvalue weighted by Gasteiger charge is -2.13. The first-order valence-electron chi connectivity index (χ1n) is 11.5. The third kappa shape index (κ3) is 3.88. The Kier molecular flexibility index (Phi) is 5.75. The van der Waals surface area contributed by atoms with E-state index in [2.05, 4.69) is 0 Å². The molecule has 37 heavy (non-hydrogen) atoms. The van der Waals surface area contributed by atoms with E-state index in [0.29, 0.717) is 61.0 Å². The molecular weight excluding hydrogens is 509 g/mol.